The second kappa shape index (κ2) is 7.94. The molecule has 3 rings (SSSR count). The largest absolute Gasteiger partial charge is 0.493 e. The summed E-state index contributed by atoms with van der Waals surface area (Å²) in [6, 6.07) is 3.82. The number of imidazole rings is 1. The number of hydrogen-bond donors (Lipinski definition) is 1. The summed E-state index contributed by atoms with van der Waals surface area (Å²) in [6.07, 6.45) is 6.02. The molecule has 3 aromatic rings. The van der Waals surface area contributed by atoms with Gasteiger partial charge in [-0.1, -0.05) is 12.2 Å². The van der Waals surface area contributed by atoms with Crippen LogP contribution in [-0.4, -0.2) is 40.8 Å². The molecule has 0 amide bonds. The van der Waals surface area contributed by atoms with E-state index in [1.165, 1.54) is 6.33 Å². The zero-order chi connectivity index (χ0) is 19.4. The number of anilines is 1. The Labute approximate surface area is 157 Å². The van der Waals surface area contributed by atoms with Gasteiger partial charge in [-0.3, -0.25) is 0 Å². The highest BCUT2D eigenvalue weighted by molar-refractivity contribution is 5.82. The van der Waals surface area contributed by atoms with Crippen molar-refractivity contribution in [3.63, 3.8) is 0 Å². The molecular weight excluding hydrogens is 346 g/mol. The van der Waals surface area contributed by atoms with Crippen LogP contribution in [0.15, 0.2) is 30.6 Å². The van der Waals surface area contributed by atoms with Crippen LogP contribution < -0.4 is 19.9 Å². The Morgan fingerprint density at radius 2 is 1.78 bits per heavy atom. The number of benzene rings is 1. The van der Waals surface area contributed by atoms with Gasteiger partial charge in [0.05, 0.1) is 21.3 Å². The maximum absolute atomic E-state index is 5.99. The van der Waals surface area contributed by atoms with Gasteiger partial charge >= 0.3 is 0 Å². The van der Waals surface area contributed by atoms with Crippen molar-refractivity contribution in [2.24, 2.45) is 0 Å². The molecule has 0 fully saturated rings. The van der Waals surface area contributed by atoms with Crippen molar-refractivity contribution < 1.29 is 14.2 Å². The van der Waals surface area contributed by atoms with Crippen LogP contribution in [0.2, 0.25) is 0 Å². The van der Waals surface area contributed by atoms with E-state index < -0.39 is 0 Å². The number of aromatic nitrogens is 4. The zero-order valence-corrected chi connectivity index (χ0v) is 15.9. The molecule has 2 aromatic heterocycles. The van der Waals surface area contributed by atoms with E-state index in [9.17, 15) is 0 Å². The monoisotopic (exact) mass is 369 g/mol. The van der Waals surface area contributed by atoms with Crippen LogP contribution in [-0.2, 0) is 13.0 Å². The number of allylic oxidation sites excluding steroid dienone is 2. The first-order chi connectivity index (χ1) is 13.1. The lowest BCUT2D eigenvalue weighted by molar-refractivity contribution is 0.324. The maximum Gasteiger partial charge on any atom is 0.203 e. The molecule has 0 bridgehead atoms. The summed E-state index contributed by atoms with van der Waals surface area (Å²) in [5.74, 6) is 2.95. The van der Waals surface area contributed by atoms with Crippen LogP contribution in [0.4, 0.5) is 5.82 Å². The molecule has 0 saturated heterocycles. The molecule has 0 spiro atoms. The molecule has 0 atom stereocenters. The van der Waals surface area contributed by atoms with Gasteiger partial charge in [-0.15, -0.1) is 0 Å². The fourth-order valence-corrected chi connectivity index (χ4v) is 2.96. The molecular formula is C19H23N5O3. The Bertz CT molecular complexity index is 956. The van der Waals surface area contributed by atoms with Crippen LogP contribution in [0.5, 0.6) is 17.2 Å². The van der Waals surface area contributed by atoms with Gasteiger partial charge in [-0.05, 0) is 24.6 Å². The highest BCUT2D eigenvalue weighted by Gasteiger charge is 2.17. The second-order valence-corrected chi connectivity index (χ2v) is 5.85. The lowest BCUT2D eigenvalue weighted by Gasteiger charge is -2.14. The van der Waals surface area contributed by atoms with Gasteiger partial charge in [0.1, 0.15) is 12.2 Å². The summed E-state index contributed by atoms with van der Waals surface area (Å²) in [6.45, 7) is 2.62. The molecule has 0 aliphatic carbocycles. The molecule has 0 radical (unpaired) electrons. The normalized spacial score (nSPS) is 11.3. The number of methoxy groups -OCH3 is 3. The first-order valence-electron chi connectivity index (χ1n) is 8.48. The summed E-state index contributed by atoms with van der Waals surface area (Å²) in [7, 11) is 4.77. The van der Waals surface area contributed by atoms with Crippen molar-refractivity contribution in [3.8, 4) is 17.2 Å². The molecule has 8 heteroatoms. The van der Waals surface area contributed by atoms with E-state index in [0.29, 0.717) is 47.2 Å². The van der Waals surface area contributed by atoms with E-state index in [-0.39, 0.29) is 0 Å². The summed E-state index contributed by atoms with van der Waals surface area (Å²) < 4.78 is 18.3. The number of rotatable bonds is 7. The standard InChI is InChI=1S/C19H23N5O3/c1-5-6-7-24-15(23-16-18(20)21-11-22-19(16)24)10-12-8-13(25-2)17(27-4)14(9-12)26-3/h5-6,8-9,11H,7,10H2,1-4H3,(H2,20,21,22)/b6-5+. The molecule has 2 heterocycles. The Morgan fingerprint density at radius 3 is 2.37 bits per heavy atom. The van der Waals surface area contributed by atoms with Crippen molar-refractivity contribution >= 4 is 17.0 Å². The van der Waals surface area contributed by atoms with Gasteiger partial charge < -0.3 is 24.5 Å². The molecule has 0 aliphatic heterocycles. The second-order valence-electron chi connectivity index (χ2n) is 5.85. The third-order valence-electron chi connectivity index (χ3n) is 4.25. The predicted molar refractivity (Wildman–Crippen MR) is 103 cm³/mol. The van der Waals surface area contributed by atoms with Gasteiger partial charge in [0.25, 0.3) is 0 Å². The summed E-state index contributed by atoms with van der Waals surface area (Å²) in [4.78, 5) is 13.1. The number of nitrogens with zero attached hydrogens (tertiary/aromatic N) is 4. The van der Waals surface area contributed by atoms with Crippen LogP contribution >= 0.6 is 0 Å². The SMILES string of the molecule is C/C=C/Cn1c(Cc2cc(OC)c(OC)c(OC)c2)nc2c(N)ncnc21. The van der Waals surface area contributed by atoms with E-state index in [1.54, 1.807) is 21.3 Å². The number of nitrogen functional groups attached to an aromatic ring is 1. The molecule has 2 N–H and O–H groups in total. The molecule has 0 aliphatic rings. The third kappa shape index (κ3) is 3.51. The molecule has 8 nitrogen and oxygen atoms in total. The van der Waals surface area contributed by atoms with Crippen molar-refractivity contribution in [3.05, 3.63) is 42.0 Å². The predicted octanol–water partition coefficient (Wildman–Crippen LogP) is 2.60. The van der Waals surface area contributed by atoms with Gasteiger partial charge in [0.2, 0.25) is 5.75 Å². The van der Waals surface area contributed by atoms with Crippen molar-refractivity contribution in [1.82, 2.24) is 19.5 Å². The van der Waals surface area contributed by atoms with Crippen LogP contribution in [0.25, 0.3) is 11.2 Å². The topological polar surface area (TPSA) is 97.3 Å². The highest BCUT2D eigenvalue weighted by atomic mass is 16.5. The van der Waals surface area contributed by atoms with Crippen LogP contribution in [0.3, 0.4) is 0 Å². The van der Waals surface area contributed by atoms with E-state index in [4.69, 9.17) is 19.9 Å². The minimum Gasteiger partial charge on any atom is -0.493 e. The first kappa shape index (κ1) is 18.5. The van der Waals surface area contributed by atoms with Gasteiger partial charge in [-0.2, -0.15) is 0 Å². The van der Waals surface area contributed by atoms with Crippen LogP contribution in [0.1, 0.15) is 18.3 Å². The van der Waals surface area contributed by atoms with Gasteiger partial charge in [0, 0.05) is 13.0 Å². The fraction of sp³-hybridized carbons (Fsp3) is 0.316. The van der Waals surface area contributed by atoms with Gasteiger partial charge in [-0.25, -0.2) is 15.0 Å². The zero-order valence-electron chi connectivity index (χ0n) is 15.9. The lowest BCUT2D eigenvalue weighted by atomic mass is 10.1. The Kier molecular flexibility index (Phi) is 5.44. The minimum absolute atomic E-state index is 0.366. The number of ether oxygens (including phenoxy) is 3. The van der Waals surface area contributed by atoms with E-state index in [0.717, 1.165) is 11.4 Å². The van der Waals surface area contributed by atoms with Crippen molar-refractivity contribution in [2.75, 3.05) is 27.1 Å². The van der Waals surface area contributed by atoms with Gasteiger partial charge in [0.15, 0.2) is 28.5 Å². The van der Waals surface area contributed by atoms with E-state index >= 15 is 0 Å². The fourth-order valence-electron chi connectivity index (χ4n) is 2.96. The van der Waals surface area contributed by atoms with E-state index in [2.05, 4.69) is 15.0 Å². The summed E-state index contributed by atoms with van der Waals surface area (Å²) in [5, 5.41) is 0. The smallest absolute Gasteiger partial charge is 0.203 e. The maximum atomic E-state index is 5.99. The van der Waals surface area contributed by atoms with Crippen molar-refractivity contribution in [1.29, 1.82) is 0 Å². The molecule has 142 valence electrons. The molecule has 0 unspecified atom stereocenters. The molecule has 27 heavy (non-hydrogen) atoms. The summed E-state index contributed by atoms with van der Waals surface area (Å²) >= 11 is 0. The highest BCUT2D eigenvalue weighted by Crippen LogP contribution is 2.38. The minimum atomic E-state index is 0.366. The average molecular weight is 369 g/mol. The van der Waals surface area contributed by atoms with Crippen LogP contribution in [0, 0.1) is 0 Å². The van der Waals surface area contributed by atoms with Crippen molar-refractivity contribution in [2.45, 2.75) is 19.9 Å². The number of fused-ring (bicyclic) bond motifs is 1. The molecule has 0 saturated carbocycles. The summed E-state index contributed by atoms with van der Waals surface area (Å²) in [5.41, 5.74) is 8.27. The first-order valence-corrected chi connectivity index (χ1v) is 8.48. The Hall–Kier alpha value is -3.29. The van der Waals surface area contributed by atoms with E-state index in [1.807, 2.05) is 35.8 Å². The quantitative estimate of drug-likeness (QED) is 0.639. The Morgan fingerprint density at radius 1 is 1.07 bits per heavy atom. The third-order valence-corrected chi connectivity index (χ3v) is 4.25. The number of nitrogens with two attached hydrogens (primary N) is 1. The molecule has 1 aromatic carbocycles. The average Bonchev–Trinajstić information content (AvgIpc) is 3.03. The number of hydrogen-bond acceptors (Lipinski definition) is 7. The Balaban J connectivity index is 2.10. The lowest BCUT2D eigenvalue weighted by Crippen LogP contribution is -2.05.